The number of aliphatic hydroxyl groups is 1. The maximum absolute atomic E-state index is 9.83. The molecule has 2 nitrogen and oxygen atoms in total. The second-order valence-electron chi connectivity index (χ2n) is 5.41. The largest absolute Gasteiger partial charge is 0.512 e. The second-order valence-corrected chi connectivity index (χ2v) is 5.41. The first-order chi connectivity index (χ1) is 6.08. The van der Waals surface area contributed by atoms with Gasteiger partial charge in [-0.1, -0.05) is 0 Å². The zero-order valence-corrected chi connectivity index (χ0v) is 8.09. The Kier molecular flexibility index (Phi) is 1.28. The molecule has 0 aliphatic heterocycles. The molecule has 3 N–H and O–H groups in total. The summed E-state index contributed by atoms with van der Waals surface area (Å²) in [5.74, 6) is 2.69. The molecule has 3 aliphatic carbocycles. The Morgan fingerprint density at radius 3 is 3.00 bits per heavy atom. The van der Waals surface area contributed by atoms with Crippen molar-refractivity contribution < 1.29 is 5.11 Å². The topological polar surface area (TPSA) is 46.2 Å². The first-order valence-corrected chi connectivity index (χ1v) is 5.27. The van der Waals surface area contributed by atoms with Gasteiger partial charge in [0.15, 0.2) is 0 Å². The molecule has 4 atom stereocenters. The minimum atomic E-state index is -0.0385. The molecule has 0 aromatic carbocycles. The maximum Gasteiger partial charge on any atom is 0.0920 e. The van der Waals surface area contributed by atoms with E-state index in [1.54, 1.807) is 0 Å². The zero-order chi connectivity index (χ0) is 9.22. The van der Waals surface area contributed by atoms with Gasteiger partial charge in [0, 0.05) is 12.0 Å². The average molecular weight is 179 g/mol. The van der Waals surface area contributed by atoms with E-state index in [4.69, 9.17) is 5.73 Å². The fourth-order valence-corrected chi connectivity index (χ4v) is 3.82. The van der Waals surface area contributed by atoms with Crippen LogP contribution in [-0.2, 0) is 0 Å². The third kappa shape index (κ3) is 0.872. The van der Waals surface area contributed by atoms with Crippen molar-refractivity contribution in [2.24, 2.45) is 23.5 Å². The second kappa shape index (κ2) is 2.11. The zero-order valence-electron chi connectivity index (χ0n) is 8.09. The van der Waals surface area contributed by atoms with Crippen molar-refractivity contribution in [3.8, 4) is 0 Å². The van der Waals surface area contributed by atoms with Gasteiger partial charge in [0.2, 0.25) is 0 Å². The summed E-state index contributed by atoms with van der Waals surface area (Å²) in [6.07, 6.45) is 4.39. The highest BCUT2D eigenvalue weighted by atomic mass is 16.3. The molecular weight excluding hydrogens is 162 g/mol. The molecule has 72 valence electrons. The van der Waals surface area contributed by atoms with E-state index in [0.717, 1.165) is 18.8 Å². The monoisotopic (exact) mass is 179 g/mol. The van der Waals surface area contributed by atoms with Crippen LogP contribution in [0.2, 0.25) is 0 Å². The Labute approximate surface area is 78.8 Å². The molecule has 13 heavy (non-hydrogen) atoms. The number of hydrogen-bond acceptors (Lipinski definition) is 2. The van der Waals surface area contributed by atoms with Gasteiger partial charge in [-0.05, 0) is 49.5 Å². The number of rotatable bonds is 0. The van der Waals surface area contributed by atoms with Crippen molar-refractivity contribution in [3.63, 3.8) is 0 Å². The van der Waals surface area contributed by atoms with Crippen molar-refractivity contribution in [2.45, 2.75) is 38.1 Å². The minimum Gasteiger partial charge on any atom is -0.512 e. The highest BCUT2D eigenvalue weighted by Gasteiger charge is 2.54. The predicted molar refractivity (Wildman–Crippen MR) is 51.2 cm³/mol. The van der Waals surface area contributed by atoms with Crippen molar-refractivity contribution in [1.82, 2.24) is 0 Å². The van der Waals surface area contributed by atoms with Gasteiger partial charge in [-0.3, -0.25) is 0 Å². The molecule has 2 bridgehead atoms. The lowest BCUT2D eigenvalue weighted by Crippen LogP contribution is -2.40. The SMILES string of the molecule is CC1(N)CC2=C(O)CC3CC2C1C3. The van der Waals surface area contributed by atoms with E-state index in [2.05, 4.69) is 6.92 Å². The van der Waals surface area contributed by atoms with Gasteiger partial charge in [-0.25, -0.2) is 0 Å². The predicted octanol–water partition coefficient (Wildman–Crippen LogP) is 1.97. The third-order valence-electron chi connectivity index (χ3n) is 4.38. The summed E-state index contributed by atoms with van der Waals surface area (Å²) >= 11 is 0. The molecule has 0 aromatic heterocycles. The molecule has 3 aliphatic rings. The highest BCUT2D eigenvalue weighted by Crippen LogP contribution is 2.58. The van der Waals surface area contributed by atoms with Crippen LogP contribution in [0, 0.1) is 17.8 Å². The average Bonchev–Trinajstić information content (AvgIpc) is 2.48. The lowest BCUT2D eigenvalue weighted by molar-refractivity contribution is 0.296. The Morgan fingerprint density at radius 2 is 2.23 bits per heavy atom. The van der Waals surface area contributed by atoms with Crippen molar-refractivity contribution in [2.75, 3.05) is 0 Å². The van der Waals surface area contributed by atoms with Gasteiger partial charge in [-0.15, -0.1) is 0 Å². The number of aliphatic hydroxyl groups excluding tert-OH is 1. The first kappa shape index (κ1) is 7.86. The Morgan fingerprint density at radius 1 is 1.46 bits per heavy atom. The minimum absolute atomic E-state index is 0.0385. The third-order valence-corrected chi connectivity index (χ3v) is 4.38. The van der Waals surface area contributed by atoms with Crippen molar-refractivity contribution >= 4 is 0 Å². The Hall–Kier alpha value is -0.500. The van der Waals surface area contributed by atoms with Crippen molar-refractivity contribution in [3.05, 3.63) is 11.3 Å². The van der Waals surface area contributed by atoms with Gasteiger partial charge < -0.3 is 10.8 Å². The van der Waals surface area contributed by atoms with Crippen LogP contribution < -0.4 is 5.73 Å². The molecule has 4 unspecified atom stereocenters. The summed E-state index contributed by atoms with van der Waals surface area (Å²) in [6, 6.07) is 0. The van der Waals surface area contributed by atoms with Gasteiger partial charge >= 0.3 is 0 Å². The summed E-state index contributed by atoms with van der Waals surface area (Å²) in [5, 5.41) is 9.83. The molecule has 0 heterocycles. The Bertz CT molecular complexity index is 292. The smallest absolute Gasteiger partial charge is 0.0920 e. The summed E-state index contributed by atoms with van der Waals surface area (Å²) < 4.78 is 0. The number of allylic oxidation sites excluding steroid dienone is 1. The number of hydrogen-bond donors (Lipinski definition) is 2. The fraction of sp³-hybridized carbons (Fsp3) is 0.818. The lowest BCUT2D eigenvalue weighted by atomic mass is 9.85. The molecule has 0 saturated heterocycles. The molecule has 0 radical (unpaired) electrons. The fourth-order valence-electron chi connectivity index (χ4n) is 3.82. The van der Waals surface area contributed by atoms with Crippen LogP contribution in [-0.4, -0.2) is 10.6 Å². The summed E-state index contributed by atoms with van der Waals surface area (Å²) in [4.78, 5) is 0. The van der Waals surface area contributed by atoms with E-state index >= 15 is 0 Å². The summed E-state index contributed by atoms with van der Waals surface area (Å²) in [7, 11) is 0. The van der Waals surface area contributed by atoms with Crippen LogP contribution in [0.4, 0.5) is 0 Å². The Balaban J connectivity index is 2.10. The van der Waals surface area contributed by atoms with Crippen LogP contribution >= 0.6 is 0 Å². The summed E-state index contributed by atoms with van der Waals surface area (Å²) in [6.45, 7) is 2.15. The van der Waals surface area contributed by atoms with E-state index in [9.17, 15) is 5.11 Å². The van der Waals surface area contributed by atoms with Gasteiger partial charge in [0.25, 0.3) is 0 Å². The quantitative estimate of drug-likeness (QED) is 0.597. The van der Waals surface area contributed by atoms with Crippen molar-refractivity contribution in [1.29, 1.82) is 0 Å². The van der Waals surface area contributed by atoms with Gasteiger partial charge in [-0.2, -0.15) is 0 Å². The first-order valence-electron chi connectivity index (χ1n) is 5.27. The van der Waals surface area contributed by atoms with Gasteiger partial charge in [0.1, 0.15) is 0 Å². The van der Waals surface area contributed by atoms with E-state index in [-0.39, 0.29) is 5.54 Å². The molecule has 2 saturated carbocycles. The van der Waals surface area contributed by atoms with Crippen LogP contribution in [0.1, 0.15) is 32.6 Å². The molecule has 0 spiro atoms. The van der Waals surface area contributed by atoms with E-state index in [1.165, 1.54) is 18.4 Å². The number of nitrogens with two attached hydrogens (primary N) is 1. The van der Waals surface area contributed by atoms with E-state index in [0.29, 0.717) is 17.6 Å². The molecule has 3 rings (SSSR count). The van der Waals surface area contributed by atoms with E-state index in [1.807, 2.05) is 0 Å². The maximum atomic E-state index is 9.83. The van der Waals surface area contributed by atoms with Crippen LogP contribution in [0.15, 0.2) is 11.3 Å². The van der Waals surface area contributed by atoms with Crippen LogP contribution in [0.25, 0.3) is 0 Å². The highest BCUT2D eigenvalue weighted by molar-refractivity contribution is 5.30. The molecule has 0 aromatic rings. The standard InChI is InChI=1S/C11H17NO/c1-11(12)5-8-7-2-6(3-9(7)11)4-10(8)13/h6-7,9,13H,2-5,12H2,1H3. The van der Waals surface area contributed by atoms with Crippen LogP contribution in [0.5, 0.6) is 0 Å². The molecule has 2 heteroatoms. The normalized spacial score (nSPS) is 53.2. The van der Waals surface area contributed by atoms with Crippen LogP contribution in [0.3, 0.4) is 0 Å². The number of fused-ring (bicyclic) bond motifs is 1. The molecular formula is C11H17NO. The summed E-state index contributed by atoms with van der Waals surface area (Å²) in [5.41, 5.74) is 7.52. The molecule has 0 amide bonds. The van der Waals surface area contributed by atoms with E-state index < -0.39 is 0 Å². The lowest BCUT2D eigenvalue weighted by Gasteiger charge is -2.26. The van der Waals surface area contributed by atoms with Gasteiger partial charge in [0.05, 0.1) is 5.76 Å². The molecule has 2 fully saturated rings.